The van der Waals surface area contributed by atoms with Crippen LogP contribution in [-0.4, -0.2) is 17.8 Å². The van der Waals surface area contributed by atoms with Crippen molar-refractivity contribution in [1.29, 1.82) is 0 Å². The Bertz CT molecular complexity index is 144. The van der Waals surface area contributed by atoms with Crippen LogP contribution in [0.15, 0.2) is 5.11 Å². The summed E-state index contributed by atoms with van der Waals surface area (Å²) in [6, 6.07) is -0.322. The van der Waals surface area contributed by atoms with E-state index in [-0.39, 0.29) is 18.1 Å². The highest BCUT2D eigenvalue weighted by atomic mass is 16.3. The van der Waals surface area contributed by atoms with Crippen LogP contribution in [0.25, 0.3) is 10.4 Å². The molecule has 0 amide bonds. The molecular formula is C6H13N3O. The van der Waals surface area contributed by atoms with Gasteiger partial charge in [-0.15, -0.1) is 0 Å². The van der Waals surface area contributed by atoms with E-state index in [1.165, 1.54) is 0 Å². The molecule has 58 valence electrons. The highest BCUT2D eigenvalue weighted by Gasteiger charge is 2.21. The molecule has 0 fully saturated rings. The molecule has 0 aliphatic rings. The lowest BCUT2D eigenvalue weighted by Gasteiger charge is -2.24. The van der Waals surface area contributed by atoms with Crippen LogP contribution in [0.5, 0.6) is 0 Å². The summed E-state index contributed by atoms with van der Waals surface area (Å²) in [5.74, 6) is 0. The summed E-state index contributed by atoms with van der Waals surface area (Å²) in [7, 11) is 0. The fraction of sp³-hybridized carbons (Fsp3) is 1.00. The Kier molecular flexibility index (Phi) is 3.19. The largest absolute Gasteiger partial charge is 0.396 e. The number of aliphatic hydroxyl groups excluding tert-OH is 1. The maximum Gasteiger partial charge on any atom is 0.0653 e. The van der Waals surface area contributed by atoms with Crippen molar-refractivity contribution in [3.63, 3.8) is 0 Å². The Morgan fingerprint density at radius 2 is 2.10 bits per heavy atom. The van der Waals surface area contributed by atoms with Gasteiger partial charge in [-0.1, -0.05) is 25.9 Å². The van der Waals surface area contributed by atoms with Crippen LogP contribution in [0.4, 0.5) is 0 Å². The molecule has 1 unspecified atom stereocenters. The second-order valence-electron chi connectivity index (χ2n) is 3.27. The zero-order valence-electron chi connectivity index (χ0n) is 6.57. The summed E-state index contributed by atoms with van der Waals surface area (Å²) in [6.07, 6.45) is 0. The average molecular weight is 143 g/mol. The Hall–Kier alpha value is -0.730. The highest BCUT2D eigenvalue weighted by Crippen LogP contribution is 2.21. The minimum Gasteiger partial charge on any atom is -0.396 e. The maximum atomic E-state index is 8.73. The molecule has 4 heteroatoms. The van der Waals surface area contributed by atoms with Crippen LogP contribution in [0.2, 0.25) is 0 Å². The summed E-state index contributed by atoms with van der Waals surface area (Å²) >= 11 is 0. The summed E-state index contributed by atoms with van der Waals surface area (Å²) < 4.78 is 0. The lowest BCUT2D eigenvalue weighted by Crippen LogP contribution is -2.27. The van der Waals surface area contributed by atoms with E-state index in [1.54, 1.807) is 0 Å². The van der Waals surface area contributed by atoms with Gasteiger partial charge in [0.2, 0.25) is 0 Å². The third kappa shape index (κ3) is 2.71. The summed E-state index contributed by atoms with van der Waals surface area (Å²) in [4.78, 5) is 2.64. The first-order chi connectivity index (χ1) is 4.52. The predicted molar refractivity (Wildman–Crippen MR) is 39.5 cm³/mol. The molecule has 0 aromatic heterocycles. The Morgan fingerprint density at radius 1 is 1.60 bits per heavy atom. The van der Waals surface area contributed by atoms with Gasteiger partial charge in [0.25, 0.3) is 0 Å². The van der Waals surface area contributed by atoms with Crippen LogP contribution in [0.3, 0.4) is 0 Å². The van der Waals surface area contributed by atoms with E-state index in [4.69, 9.17) is 10.6 Å². The minimum atomic E-state index is -0.322. The van der Waals surface area contributed by atoms with Crippen molar-refractivity contribution in [2.75, 3.05) is 6.61 Å². The first-order valence-corrected chi connectivity index (χ1v) is 3.17. The van der Waals surface area contributed by atoms with Gasteiger partial charge in [-0.2, -0.15) is 0 Å². The van der Waals surface area contributed by atoms with Gasteiger partial charge in [-0.25, -0.2) is 0 Å². The molecular weight excluding hydrogens is 130 g/mol. The number of azide groups is 1. The molecule has 0 radical (unpaired) electrons. The monoisotopic (exact) mass is 143 g/mol. The molecule has 0 aromatic carbocycles. The number of aliphatic hydroxyl groups is 1. The molecule has 0 rings (SSSR count). The number of rotatable bonds is 2. The van der Waals surface area contributed by atoms with Gasteiger partial charge >= 0.3 is 0 Å². The van der Waals surface area contributed by atoms with Crippen LogP contribution in [0, 0.1) is 5.41 Å². The molecule has 0 spiro atoms. The Morgan fingerprint density at radius 3 is 2.20 bits per heavy atom. The number of hydrogen-bond acceptors (Lipinski definition) is 2. The molecule has 1 N–H and O–H groups in total. The first-order valence-electron chi connectivity index (χ1n) is 3.17. The predicted octanol–water partition coefficient (Wildman–Crippen LogP) is 1.70. The standard InChI is InChI=1S/C6H13N3O/c1-6(2,3)5(4-10)8-9-7/h5,10H,4H2,1-3H3. The smallest absolute Gasteiger partial charge is 0.0653 e. The SMILES string of the molecule is CC(C)(C)C(CO)N=[N+]=[N-]. The molecule has 0 aromatic rings. The summed E-state index contributed by atoms with van der Waals surface area (Å²) in [5.41, 5.74) is 7.93. The molecule has 0 saturated carbocycles. The van der Waals surface area contributed by atoms with Crippen LogP contribution < -0.4 is 0 Å². The zero-order chi connectivity index (χ0) is 8.20. The van der Waals surface area contributed by atoms with Crippen molar-refractivity contribution >= 4 is 0 Å². The second-order valence-corrected chi connectivity index (χ2v) is 3.27. The third-order valence-electron chi connectivity index (χ3n) is 1.36. The molecule has 10 heavy (non-hydrogen) atoms. The molecule has 0 bridgehead atoms. The summed E-state index contributed by atoms with van der Waals surface area (Å²) in [5, 5.41) is 12.2. The average Bonchev–Trinajstić information content (AvgIpc) is 1.80. The van der Waals surface area contributed by atoms with Crippen LogP contribution in [0.1, 0.15) is 20.8 Å². The van der Waals surface area contributed by atoms with Gasteiger partial charge in [-0.05, 0) is 10.9 Å². The normalized spacial score (nSPS) is 14.0. The Balaban J connectivity index is 4.20. The van der Waals surface area contributed by atoms with Crippen LogP contribution >= 0.6 is 0 Å². The van der Waals surface area contributed by atoms with E-state index < -0.39 is 0 Å². The van der Waals surface area contributed by atoms with Crippen molar-refractivity contribution in [1.82, 2.24) is 0 Å². The van der Waals surface area contributed by atoms with Gasteiger partial charge < -0.3 is 5.11 Å². The molecule has 0 aliphatic carbocycles. The van der Waals surface area contributed by atoms with E-state index in [2.05, 4.69) is 10.0 Å². The molecule has 0 heterocycles. The van der Waals surface area contributed by atoms with Gasteiger partial charge in [0.15, 0.2) is 0 Å². The molecule has 1 atom stereocenters. The van der Waals surface area contributed by atoms with E-state index >= 15 is 0 Å². The van der Waals surface area contributed by atoms with Crippen molar-refractivity contribution in [3.8, 4) is 0 Å². The van der Waals surface area contributed by atoms with Crippen molar-refractivity contribution in [2.45, 2.75) is 26.8 Å². The zero-order valence-corrected chi connectivity index (χ0v) is 6.57. The third-order valence-corrected chi connectivity index (χ3v) is 1.36. The lowest BCUT2D eigenvalue weighted by atomic mass is 9.88. The quantitative estimate of drug-likeness (QED) is 0.357. The topological polar surface area (TPSA) is 69.0 Å². The molecule has 0 saturated heterocycles. The van der Waals surface area contributed by atoms with E-state index in [1.807, 2.05) is 20.8 Å². The van der Waals surface area contributed by atoms with Gasteiger partial charge in [0, 0.05) is 4.91 Å². The van der Waals surface area contributed by atoms with Gasteiger partial charge in [0.1, 0.15) is 0 Å². The molecule has 0 aliphatic heterocycles. The maximum absolute atomic E-state index is 8.73. The lowest BCUT2D eigenvalue weighted by molar-refractivity contribution is 0.189. The molecule has 4 nitrogen and oxygen atoms in total. The second kappa shape index (κ2) is 3.44. The fourth-order valence-electron chi connectivity index (χ4n) is 0.546. The van der Waals surface area contributed by atoms with Gasteiger partial charge in [0.05, 0.1) is 12.6 Å². The van der Waals surface area contributed by atoms with Gasteiger partial charge in [-0.3, -0.25) is 0 Å². The van der Waals surface area contributed by atoms with E-state index in [0.29, 0.717) is 0 Å². The van der Waals surface area contributed by atoms with Crippen molar-refractivity contribution in [3.05, 3.63) is 10.4 Å². The van der Waals surface area contributed by atoms with Crippen LogP contribution in [-0.2, 0) is 0 Å². The number of hydrogen-bond donors (Lipinski definition) is 1. The van der Waals surface area contributed by atoms with Crippen molar-refractivity contribution in [2.24, 2.45) is 10.5 Å². The summed E-state index contributed by atoms with van der Waals surface area (Å²) in [6.45, 7) is 5.67. The first kappa shape index (κ1) is 9.27. The minimum absolute atomic E-state index is 0.0897. The fourth-order valence-corrected chi connectivity index (χ4v) is 0.546. The Labute approximate surface area is 60.5 Å². The van der Waals surface area contributed by atoms with E-state index in [0.717, 1.165) is 0 Å². The highest BCUT2D eigenvalue weighted by molar-refractivity contribution is 4.79. The number of nitrogens with zero attached hydrogens (tertiary/aromatic N) is 3. The van der Waals surface area contributed by atoms with Crippen molar-refractivity contribution < 1.29 is 5.11 Å². The van der Waals surface area contributed by atoms with E-state index in [9.17, 15) is 0 Å².